The Labute approximate surface area is 511 Å². The number of rotatable bonds is 44. The molecule has 10 heteroatoms. The summed E-state index contributed by atoms with van der Waals surface area (Å²) in [5.74, 6) is 0.295. The van der Waals surface area contributed by atoms with E-state index < -0.39 is 0 Å². The van der Waals surface area contributed by atoms with E-state index in [2.05, 4.69) is 39.8 Å². The van der Waals surface area contributed by atoms with Gasteiger partial charge >= 0.3 is 0 Å². The van der Waals surface area contributed by atoms with Crippen LogP contribution in [0, 0.1) is 11.8 Å². The molecule has 0 aliphatic rings. The van der Waals surface area contributed by atoms with Crippen LogP contribution in [0.25, 0.3) is 73.2 Å². The van der Waals surface area contributed by atoms with E-state index in [1.165, 1.54) is 202 Å². The first kappa shape index (κ1) is 65.4. The topological polar surface area (TPSA) is 104 Å². The summed E-state index contributed by atoms with van der Waals surface area (Å²) in [5, 5.41) is 2.28. The molecule has 0 aliphatic heterocycles. The molecule has 8 nitrogen and oxygen atoms in total. The first-order valence-electron chi connectivity index (χ1n) is 34.7. The molecule has 458 valence electrons. The Bertz CT molecular complexity index is 3120. The van der Waals surface area contributed by atoms with Crippen molar-refractivity contribution in [2.75, 3.05) is 0 Å². The quantitative estimate of drug-likeness (QED) is 0.0214. The average Bonchev–Trinajstić information content (AvgIpc) is 0.721. The summed E-state index contributed by atoms with van der Waals surface area (Å²) < 4.78 is 6.54. The minimum atomic E-state index is -0.387. The van der Waals surface area contributed by atoms with E-state index in [0.29, 0.717) is 76.9 Å². The molecule has 8 aromatic rings. The summed E-state index contributed by atoms with van der Waals surface area (Å²) in [6, 6.07) is 15.9. The van der Waals surface area contributed by atoms with Crippen LogP contribution < -0.4 is 22.2 Å². The number of unbranched alkanes of at least 4 members (excludes halogenated alkanes) is 32. The van der Waals surface area contributed by atoms with Gasteiger partial charge in [-0.1, -0.05) is 283 Å². The van der Waals surface area contributed by atoms with Gasteiger partial charge in [-0.15, -0.1) is 22.7 Å². The van der Waals surface area contributed by atoms with Crippen LogP contribution in [-0.2, 0) is 13.1 Å². The van der Waals surface area contributed by atoms with Crippen LogP contribution in [0.1, 0.15) is 285 Å². The minimum absolute atomic E-state index is 0.147. The van der Waals surface area contributed by atoms with Crippen molar-refractivity contribution in [3.05, 3.63) is 89.9 Å². The standard InChI is InChI=1S/C74H106N4O4S2/c1-5-9-13-17-21-25-27-31-35-39-47-55(45-37-33-29-23-19-15-11-7-3)53-77-71(79)63-61-62-64(68-67(63)75-57-49-41-42-50-58(57)76-68)72(80)78(74(82)66(62)70-69(65(61)73(77)81)83-59-51-43-44-52-60(59)84-70)54-56(46-38-34-30-24-20-16-12-8-4)48-40-36-32-28-26-22-18-14-10-6-2/h41-44,49-52,55-56H,5-40,45-48,53-54H2,1-4H3. The lowest BCUT2D eigenvalue weighted by Gasteiger charge is -2.22. The van der Waals surface area contributed by atoms with Crippen molar-refractivity contribution < 1.29 is 0 Å². The van der Waals surface area contributed by atoms with E-state index in [-0.39, 0.29) is 34.1 Å². The lowest BCUT2D eigenvalue weighted by molar-refractivity contribution is 0.350. The van der Waals surface area contributed by atoms with Gasteiger partial charge in [0.05, 0.1) is 42.0 Å². The highest BCUT2D eigenvalue weighted by Gasteiger charge is 2.31. The Morgan fingerprint density at radius 2 is 0.571 bits per heavy atom. The third kappa shape index (κ3) is 17.4. The number of nitrogens with zero attached hydrogens (tertiary/aromatic N) is 4. The predicted molar refractivity (Wildman–Crippen MR) is 367 cm³/mol. The SMILES string of the molecule is CCCCCCCCCCCCC(CCCCCCCCCC)Cn1c(=O)c2c3nc4ccccc4nc3c3c(=O)n(CC(CCCCCCCCCC)CCCCCCCCCCCC)c(=O)c4c5sc6ccccc6sc5c(c1=O)c2c34. The summed E-state index contributed by atoms with van der Waals surface area (Å²) >= 11 is 3.06. The first-order chi connectivity index (χ1) is 41.3. The molecule has 0 N–H and O–H groups in total. The molecule has 0 amide bonds. The van der Waals surface area contributed by atoms with Gasteiger partial charge in [-0.05, 0) is 61.8 Å². The van der Waals surface area contributed by atoms with Crippen molar-refractivity contribution in [3.63, 3.8) is 0 Å². The Balaban J connectivity index is 1.23. The van der Waals surface area contributed by atoms with Crippen LogP contribution in [0.3, 0.4) is 0 Å². The smallest absolute Gasteiger partial charge is 0.263 e. The molecule has 0 saturated heterocycles. The summed E-state index contributed by atoms with van der Waals surface area (Å²) in [4.78, 5) is 74.3. The molecular weight excluding hydrogens is 1070 g/mol. The normalized spacial score (nSPS) is 13.0. The lowest BCUT2D eigenvalue weighted by atomic mass is 9.92. The van der Waals surface area contributed by atoms with Crippen molar-refractivity contribution in [1.29, 1.82) is 0 Å². The average molecular weight is 1180 g/mol. The first-order valence-corrected chi connectivity index (χ1v) is 36.4. The second-order valence-electron chi connectivity index (χ2n) is 25.6. The van der Waals surface area contributed by atoms with Crippen molar-refractivity contribution in [1.82, 2.24) is 19.1 Å². The zero-order valence-corrected chi connectivity index (χ0v) is 54.3. The summed E-state index contributed by atoms with van der Waals surface area (Å²) in [6.45, 7) is 9.74. The van der Waals surface area contributed by atoms with E-state index in [0.717, 1.165) is 86.4 Å². The molecule has 0 fully saturated rings. The predicted octanol–water partition coefficient (Wildman–Crippen LogP) is 22.1. The molecule has 2 atom stereocenters. The van der Waals surface area contributed by atoms with Gasteiger partial charge in [-0.25, -0.2) is 9.97 Å². The maximum Gasteiger partial charge on any atom is 0.263 e. The number of aromatic nitrogens is 4. The minimum Gasteiger partial charge on any atom is -0.274 e. The van der Waals surface area contributed by atoms with Crippen molar-refractivity contribution in [2.45, 2.75) is 298 Å². The Kier molecular flexibility index (Phi) is 27.5. The molecule has 0 bridgehead atoms. The highest BCUT2D eigenvalue weighted by molar-refractivity contribution is 7.37. The van der Waals surface area contributed by atoms with Crippen LogP contribution in [0.5, 0.6) is 0 Å². The highest BCUT2D eigenvalue weighted by atomic mass is 32.1. The van der Waals surface area contributed by atoms with Crippen LogP contribution in [0.4, 0.5) is 0 Å². The molecule has 2 unspecified atom stereocenters. The zero-order chi connectivity index (χ0) is 58.9. The largest absolute Gasteiger partial charge is 0.274 e. The van der Waals surface area contributed by atoms with Crippen molar-refractivity contribution in [2.24, 2.45) is 11.8 Å². The number of para-hydroxylation sites is 2. The number of hydrogen-bond donors (Lipinski definition) is 0. The second kappa shape index (κ2) is 35.3. The monoisotopic (exact) mass is 1180 g/mol. The van der Waals surface area contributed by atoms with E-state index in [1.807, 2.05) is 36.4 Å². The van der Waals surface area contributed by atoms with Crippen LogP contribution in [-0.4, -0.2) is 19.1 Å². The molecule has 0 spiro atoms. The fourth-order valence-electron chi connectivity index (χ4n) is 13.8. The molecular formula is C74H106N4O4S2. The molecule has 4 aromatic heterocycles. The Morgan fingerprint density at radius 3 is 0.857 bits per heavy atom. The number of benzene rings is 4. The van der Waals surface area contributed by atoms with Gasteiger partial charge in [0.2, 0.25) is 0 Å². The molecule has 8 rings (SSSR count). The second-order valence-corrected chi connectivity index (χ2v) is 27.7. The third-order valence-electron chi connectivity index (χ3n) is 18.8. The molecule has 4 heterocycles. The van der Waals surface area contributed by atoms with Crippen LogP contribution >= 0.6 is 22.7 Å². The van der Waals surface area contributed by atoms with Crippen LogP contribution in [0.2, 0.25) is 0 Å². The third-order valence-corrected chi connectivity index (χ3v) is 21.4. The van der Waals surface area contributed by atoms with E-state index >= 15 is 19.2 Å². The molecule has 0 aliphatic carbocycles. The Morgan fingerprint density at radius 1 is 0.321 bits per heavy atom. The van der Waals surface area contributed by atoms with Crippen LogP contribution in [0.15, 0.2) is 67.7 Å². The maximum absolute atomic E-state index is 15.9. The summed E-state index contributed by atoms with van der Waals surface area (Å²) in [6.07, 6.45) is 48.7. The van der Waals surface area contributed by atoms with Gasteiger partial charge in [-0.3, -0.25) is 28.3 Å². The summed E-state index contributed by atoms with van der Waals surface area (Å²) in [5.41, 5.74) is 0.507. The summed E-state index contributed by atoms with van der Waals surface area (Å²) in [7, 11) is 0. The maximum atomic E-state index is 15.9. The molecule has 84 heavy (non-hydrogen) atoms. The van der Waals surface area contributed by atoms with E-state index in [4.69, 9.17) is 9.97 Å². The van der Waals surface area contributed by atoms with Gasteiger partial charge in [0.25, 0.3) is 22.2 Å². The lowest BCUT2D eigenvalue weighted by Crippen LogP contribution is -2.38. The van der Waals surface area contributed by atoms with Crippen molar-refractivity contribution in [3.8, 4) is 0 Å². The van der Waals surface area contributed by atoms with E-state index in [9.17, 15) is 0 Å². The number of fused-ring (bicyclic) bond motifs is 8. The fraction of sp³-hybridized carbons (Fsp3) is 0.649. The highest BCUT2D eigenvalue weighted by Crippen LogP contribution is 2.45. The van der Waals surface area contributed by atoms with Crippen molar-refractivity contribution >= 4 is 95.9 Å². The van der Waals surface area contributed by atoms with Gasteiger partial charge in [0.1, 0.15) is 11.0 Å². The number of pyridine rings is 2. The van der Waals surface area contributed by atoms with Gasteiger partial charge in [0.15, 0.2) is 0 Å². The van der Waals surface area contributed by atoms with Gasteiger partial charge in [-0.2, -0.15) is 0 Å². The Hall–Kier alpha value is -4.54. The van der Waals surface area contributed by atoms with E-state index in [1.54, 1.807) is 9.13 Å². The molecule has 4 aromatic carbocycles. The molecule has 0 radical (unpaired) electrons. The van der Waals surface area contributed by atoms with Gasteiger partial charge in [0, 0.05) is 33.3 Å². The van der Waals surface area contributed by atoms with Gasteiger partial charge < -0.3 is 0 Å². The fourth-order valence-corrected chi connectivity index (χ4v) is 16.4. The molecule has 0 saturated carbocycles. The zero-order valence-electron chi connectivity index (χ0n) is 52.7. The number of hydrogen-bond acceptors (Lipinski definition) is 8.